The van der Waals surface area contributed by atoms with Crippen molar-refractivity contribution < 1.29 is 4.39 Å². The van der Waals surface area contributed by atoms with Crippen LogP contribution in [0.2, 0.25) is 0 Å². The van der Waals surface area contributed by atoms with Crippen LogP contribution in [-0.2, 0) is 13.0 Å². The number of aromatic amines is 1. The number of H-pyrrole nitrogens is 1. The molecule has 1 aliphatic rings. The Morgan fingerprint density at radius 1 is 1.07 bits per heavy atom. The van der Waals surface area contributed by atoms with Crippen LogP contribution in [0, 0.1) is 6.92 Å². The molecule has 1 aromatic heterocycles. The summed E-state index contributed by atoms with van der Waals surface area (Å²) >= 11 is 0. The van der Waals surface area contributed by atoms with Gasteiger partial charge in [-0.05, 0) is 52.8 Å². The maximum atomic E-state index is 14.6. The van der Waals surface area contributed by atoms with Crippen molar-refractivity contribution in [2.45, 2.75) is 32.1 Å². The number of imidazole rings is 1. The van der Waals surface area contributed by atoms with Crippen LogP contribution < -0.4 is 5.32 Å². The lowest BCUT2D eigenvalue weighted by Crippen LogP contribution is -2.30. The lowest BCUT2D eigenvalue weighted by Gasteiger charge is -2.15. The molecule has 1 aliphatic carbocycles. The van der Waals surface area contributed by atoms with Crippen LogP contribution in [-0.4, -0.2) is 16.0 Å². The molecule has 1 heterocycles. The summed E-state index contributed by atoms with van der Waals surface area (Å²) in [7, 11) is 0. The fourth-order valence-corrected chi connectivity index (χ4v) is 4.24. The summed E-state index contributed by atoms with van der Waals surface area (Å²) in [6.45, 7) is 2.77. The zero-order chi connectivity index (χ0) is 19.1. The molecule has 0 bridgehead atoms. The van der Waals surface area contributed by atoms with Crippen molar-refractivity contribution in [1.29, 1.82) is 0 Å². The first kappa shape index (κ1) is 19.6. The van der Waals surface area contributed by atoms with Gasteiger partial charge in [-0.2, -0.15) is 0 Å². The Morgan fingerprint density at radius 2 is 1.86 bits per heavy atom. The lowest BCUT2D eigenvalue weighted by atomic mass is 9.98. The average molecular weight is 408 g/mol. The highest BCUT2D eigenvalue weighted by molar-refractivity contribution is 5.86. The molecule has 29 heavy (non-hydrogen) atoms. The quantitative estimate of drug-likeness (QED) is 0.456. The first-order valence-corrected chi connectivity index (χ1v) is 9.68. The molecule has 5 rings (SSSR count). The van der Waals surface area contributed by atoms with Crippen LogP contribution in [0.5, 0.6) is 0 Å². The van der Waals surface area contributed by atoms with Crippen molar-refractivity contribution >= 4 is 23.4 Å². The predicted octanol–water partition coefficient (Wildman–Crippen LogP) is 5.69. The summed E-state index contributed by atoms with van der Waals surface area (Å²) in [5.41, 5.74) is 8.71. The van der Waals surface area contributed by atoms with Gasteiger partial charge in [0, 0.05) is 12.6 Å². The monoisotopic (exact) mass is 407 g/mol. The second-order valence-corrected chi connectivity index (χ2v) is 7.53. The summed E-state index contributed by atoms with van der Waals surface area (Å²) in [5, 5.41) is 3.40. The second kappa shape index (κ2) is 7.97. The fourth-order valence-electron chi connectivity index (χ4n) is 4.24. The first-order chi connectivity index (χ1) is 13.7. The van der Waals surface area contributed by atoms with Gasteiger partial charge in [-0.1, -0.05) is 54.6 Å². The van der Waals surface area contributed by atoms with E-state index in [1.54, 1.807) is 6.33 Å². The molecule has 3 nitrogen and oxygen atoms in total. The molecule has 4 aromatic rings. The van der Waals surface area contributed by atoms with E-state index in [1.807, 2.05) is 24.3 Å². The number of aryl methyl sites for hydroxylation is 1. The van der Waals surface area contributed by atoms with Crippen LogP contribution in [0.4, 0.5) is 4.39 Å². The van der Waals surface area contributed by atoms with E-state index in [-0.39, 0.29) is 18.4 Å². The van der Waals surface area contributed by atoms with Gasteiger partial charge in [0.25, 0.3) is 0 Å². The van der Waals surface area contributed by atoms with E-state index in [0.29, 0.717) is 6.54 Å². The van der Waals surface area contributed by atoms with Gasteiger partial charge in [0.1, 0.15) is 6.17 Å². The predicted molar refractivity (Wildman–Crippen MR) is 118 cm³/mol. The van der Waals surface area contributed by atoms with Crippen molar-refractivity contribution in [3.05, 3.63) is 89.2 Å². The Hall–Kier alpha value is -2.69. The highest BCUT2D eigenvalue weighted by Crippen LogP contribution is 2.34. The van der Waals surface area contributed by atoms with E-state index in [1.165, 1.54) is 16.7 Å². The van der Waals surface area contributed by atoms with E-state index in [2.05, 4.69) is 58.6 Å². The smallest absolute Gasteiger partial charge is 0.141 e. The molecule has 5 heteroatoms. The molecular weight excluding hydrogens is 385 g/mol. The van der Waals surface area contributed by atoms with Crippen molar-refractivity contribution in [3.63, 3.8) is 0 Å². The van der Waals surface area contributed by atoms with E-state index in [9.17, 15) is 4.39 Å². The molecule has 0 unspecified atom stereocenters. The van der Waals surface area contributed by atoms with E-state index < -0.39 is 6.17 Å². The Morgan fingerprint density at radius 3 is 2.66 bits per heavy atom. The average Bonchev–Trinajstić information content (AvgIpc) is 3.33. The molecule has 0 saturated heterocycles. The number of benzene rings is 3. The zero-order valence-electron chi connectivity index (χ0n) is 16.2. The highest BCUT2D eigenvalue weighted by Gasteiger charge is 2.31. The van der Waals surface area contributed by atoms with E-state index in [4.69, 9.17) is 0 Å². The molecule has 0 spiro atoms. The molecule has 148 valence electrons. The van der Waals surface area contributed by atoms with Crippen LogP contribution in [0.3, 0.4) is 0 Å². The largest absolute Gasteiger partial charge is 0.345 e. The highest BCUT2D eigenvalue weighted by atomic mass is 35.5. The van der Waals surface area contributed by atoms with Gasteiger partial charge in [-0.25, -0.2) is 9.37 Å². The third-order valence-electron chi connectivity index (χ3n) is 5.82. The molecule has 2 N–H and O–H groups in total. The minimum Gasteiger partial charge on any atom is -0.345 e. The summed E-state index contributed by atoms with van der Waals surface area (Å²) < 4.78 is 14.6. The number of alkyl halides is 1. The number of aromatic nitrogens is 2. The second-order valence-electron chi connectivity index (χ2n) is 7.53. The maximum Gasteiger partial charge on any atom is 0.141 e. The van der Waals surface area contributed by atoms with Gasteiger partial charge < -0.3 is 10.3 Å². The maximum absolute atomic E-state index is 14.6. The minimum atomic E-state index is -0.932. The molecular formula is C24H23ClFN3. The summed E-state index contributed by atoms with van der Waals surface area (Å²) in [6, 6.07) is 20.4. The van der Waals surface area contributed by atoms with Crippen molar-refractivity contribution in [1.82, 2.24) is 15.3 Å². The van der Waals surface area contributed by atoms with Crippen LogP contribution in [0.15, 0.2) is 67.0 Å². The third-order valence-corrected chi connectivity index (χ3v) is 5.82. The molecule has 0 radical (unpaired) electrons. The Bertz CT molecular complexity index is 1140. The van der Waals surface area contributed by atoms with Gasteiger partial charge in [-0.15, -0.1) is 12.4 Å². The minimum absolute atomic E-state index is 0. The van der Waals surface area contributed by atoms with Gasteiger partial charge in [0.05, 0.1) is 17.4 Å². The third kappa shape index (κ3) is 3.54. The number of nitrogens with zero attached hydrogens (tertiary/aromatic N) is 1. The normalized spacial score (nSPS) is 17.9. The van der Waals surface area contributed by atoms with Crippen molar-refractivity contribution in [2.24, 2.45) is 0 Å². The number of halogens is 2. The molecule has 0 fully saturated rings. The molecule has 2 atom stereocenters. The van der Waals surface area contributed by atoms with Gasteiger partial charge in [0.15, 0.2) is 0 Å². The Labute approximate surface area is 175 Å². The lowest BCUT2D eigenvalue weighted by molar-refractivity contribution is 0.271. The van der Waals surface area contributed by atoms with Crippen molar-refractivity contribution in [3.8, 4) is 11.1 Å². The molecule has 0 amide bonds. The van der Waals surface area contributed by atoms with E-state index >= 15 is 0 Å². The van der Waals surface area contributed by atoms with Gasteiger partial charge in [0.2, 0.25) is 0 Å². The summed E-state index contributed by atoms with van der Waals surface area (Å²) in [6.07, 6.45) is 1.55. The summed E-state index contributed by atoms with van der Waals surface area (Å²) in [4.78, 5) is 7.57. The molecule has 0 aliphatic heterocycles. The first-order valence-electron chi connectivity index (χ1n) is 9.68. The van der Waals surface area contributed by atoms with Crippen molar-refractivity contribution in [2.75, 3.05) is 0 Å². The standard InChI is InChI=1S/C24H22FN3.ClH/c1-15-19(10-11-21-24(15)28-14-27-21)17-8-6-16(7-9-17)13-26-22-12-18-4-2-3-5-20(18)23(22)25;/h2-11,14,22-23,26H,12-13H2,1H3,(H,27,28);1H/t22-,23+;/m1./s1. The zero-order valence-corrected chi connectivity index (χ0v) is 17.0. The number of rotatable bonds is 4. The SMILES string of the molecule is Cc1c(-c2ccc(CN[C@@H]3Cc4ccccc4[C@@H]3F)cc2)ccc2[nH]cnc12.Cl. The van der Waals surface area contributed by atoms with Gasteiger partial charge in [-0.3, -0.25) is 0 Å². The number of fused-ring (bicyclic) bond motifs is 2. The summed E-state index contributed by atoms with van der Waals surface area (Å²) in [5.74, 6) is 0. The molecule has 0 saturated carbocycles. The van der Waals surface area contributed by atoms with Crippen LogP contribution in [0.1, 0.15) is 28.4 Å². The molecule has 3 aromatic carbocycles. The number of hydrogen-bond acceptors (Lipinski definition) is 2. The Kier molecular flexibility index (Phi) is 5.39. The van der Waals surface area contributed by atoms with E-state index in [0.717, 1.165) is 34.1 Å². The van der Waals surface area contributed by atoms with Crippen LogP contribution >= 0.6 is 12.4 Å². The Balaban J connectivity index is 0.00000205. The number of hydrogen-bond donors (Lipinski definition) is 2. The fraction of sp³-hybridized carbons (Fsp3) is 0.208. The van der Waals surface area contributed by atoms with Gasteiger partial charge >= 0.3 is 0 Å². The number of nitrogens with one attached hydrogen (secondary N) is 2. The topological polar surface area (TPSA) is 40.7 Å². The van der Waals surface area contributed by atoms with Crippen LogP contribution in [0.25, 0.3) is 22.2 Å².